The number of benzene rings is 2. The van der Waals surface area contributed by atoms with Crippen LogP contribution in [0.1, 0.15) is 0 Å². The molecule has 1 aliphatic rings. The first kappa shape index (κ1) is 23.0. The molecule has 8 heteroatoms. The molecule has 0 amide bonds. The Kier molecular flexibility index (Phi) is 6.89. The summed E-state index contributed by atoms with van der Waals surface area (Å²) < 4.78 is 15.2. The van der Waals surface area contributed by atoms with E-state index in [9.17, 15) is 9.59 Å². The van der Waals surface area contributed by atoms with Gasteiger partial charge in [0, 0.05) is 28.4 Å². The maximum absolute atomic E-state index is 12.7. The van der Waals surface area contributed by atoms with Crippen molar-refractivity contribution in [3.05, 3.63) is 89.6 Å². The highest BCUT2D eigenvalue weighted by Gasteiger charge is 2.27. The second kappa shape index (κ2) is 10.2. The van der Waals surface area contributed by atoms with Crippen molar-refractivity contribution in [1.29, 1.82) is 0 Å². The molecule has 34 heavy (non-hydrogen) atoms. The molecule has 0 saturated heterocycles. The number of hydrogen-bond acceptors (Lipinski definition) is 8. The van der Waals surface area contributed by atoms with E-state index in [4.69, 9.17) is 19.2 Å². The largest absolute Gasteiger partial charge is 0.497 e. The minimum atomic E-state index is -0.656. The number of carbonyl (C=O) groups is 2. The van der Waals surface area contributed by atoms with Crippen LogP contribution in [0, 0.1) is 0 Å². The van der Waals surface area contributed by atoms with Gasteiger partial charge in [0.1, 0.15) is 16.5 Å². The lowest BCUT2D eigenvalue weighted by Crippen LogP contribution is -2.26. The number of anilines is 1. The zero-order chi connectivity index (χ0) is 24.1. The van der Waals surface area contributed by atoms with Crippen LogP contribution in [0.15, 0.2) is 89.6 Å². The first-order valence-corrected chi connectivity index (χ1v) is 11.2. The van der Waals surface area contributed by atoms with Gasteiger partial charge in [-0.15, -0.1) is 11.3 Å². The monoisotopic (exact) mass is 474 g/mol. The third-order valence-electron chi connectivity index (χ3n) is 5.13. The number of ether oxygens (including phenoxy) is 3. The van der Waals surface area contributed by atoms with Crippen LogP contribution in [0.5, 0.6) is 5.75 Å². The van der Waals surface area contributed by atoms with E-state index in [-0.39, 0.29) is 11.3 Å². The Balaban J connectivity index is 1.74. The first-order chi connectivity index (χ1) is 16.5. The summed E-state index contributed by atoms with van der Waals surface area (Å²) in [5, 5.41) is 2.80. The Morgan fingerprint density at radius 2 is 1.68 bits per heavy atom. The lowest BCUT2D eigenvalue weighted by Gasteiger charge is -2.23. The molecule has 4 rings (SSSR count). The third-order valence-corrected chi connectivity index (χ3v) is 6.02. The maximum Gasteiger partial charge on any atom is 0.355 e. The fourth-order valence-electron chi connectivity index (χ4n) is 3.48. The van der Waals surface area contributed by atoms with Crippen LogP contribution in [0.4, 0.5) is 5.69 Å². The number of methoxy groups -OCH3 is 3. The number of aromatic nitrogens is 1. The van der Waals surface area contributed by atoms with Crippen LogP contribution in [-0.2, 0) is 19.1 Å². The number of allylic oxidation sites excluding steroid dienone is 2. The van der Waals surface area contributed by atoms with Crippen molar-refractivity contribution in [2.75, 3.05) is 26.2 Å². The molecule has 0 fully saturated rings. The summed E-state index contributed by atoms with van der Waals surface area (Å²) in [6.07, 6.45) is 6.62. The van der Waals surface area contributed by atoms with Crippen molar-refractivity contribution in [3.8, 4) is 27.6 Å². The van der Waals surface area contributed by atoms with Gasteiger partial charge < -0.3 is 19.1 Å². The van der Waals surface area contributed by atoms with Gasteiger partial charge in [0.05, 0.1) is 32.6 Å². The molecule has 172 valence electrons. The first-order valence-electron chi connectivity index (χ1n) is 10.3. The maximum atomic E-state index is 12.7. The molecule has 0 saturated carbocycles. The van der Waals surface area contributed by atoms with Gasteiger partial charge in [0.25, 0.3) is 0 Å². The highest BCUT2D eigenvalue weighted by atomic mass is 32.1. The van der Waals surface area contributed by atoms with Crippen molar-refractivity contribution in [1.82, 2.24) is 4.98 Å². The van der Waals surface area contributed by atoms with Gasteiger partial charge in [-0.3, -0.25) is 0 Å². The lowest BCUT2D eigenvalue weighted by molar-refractivity contribution is -0.139. The zero-order valence-electron chi connectivity index (χ0n) is 18.8. The Hall–Kier alpha value is -4.17. The van der Waals surface area contributed by atoms with Crippen LogP contribution < -0.4 is 9.64 Å². The molecular weight excluding hydrogens is 452 g/mol. The van der Waals surface area contributed by atoms with E-state index in [2.05, 4.69) is 0 Å². The smallest absolute Gasteiger partial charge is 0.355 e. The molecule has 0 aliphatic carbocycles. The highest BCUT2D eigenvalue weighted by Crippen LogP contribution is 2.34. The van der Waals surface area contributed by atoms with Crippen molar-refractivity contribution in [2.45, 2.75) is 0 Å². The quantitative estimate of drug-likeness (QED) is 0.467. The normalized spacial score (nSPS) is 13.0. The van der Waals surface area contributed by atoms with Crippen LogP contribution in [0.3, 0.4) is 0 Å². The summed E-state index contributed by atoms with van der Waals surface area (Å²) in [5.74, 6) is -0.528. The Labute approximate surface area is 201 Å². The molecule has 0 bridgehead atoms. The molecule has 0 radical (unpaired) electrons. The lowest BCUT2D eigenvalue weighted by atomic mass is 10.1. The Morgan fingerprint density at radius 1 is 0.912 bits per heavy atom. The van der Waals surface area contributed by atoms with Gasteiger partial charge >= 0.3 is 11.9 Å². The summed E-state index contributed by atoms with van der Waals surface area (Å²) in [6, 6.07) is 15.3. The van der Waals surface area contributed by atoms with Crippen molar-refractivity contribution >= 4 is 29.0 Å². The average Bonchev–Trinajstić information content (AvgIpc) is 3.28. The standard InChI is InChI=1S/C26H22N2O5S/c1-31-20-11-7-8-17(15-20)22-16-34-24(27-22)18-9-6-10-19(14-18)28-13-5-4-12-21(25(29)32-2)23(28)26(30)33-3/h4-16H,1-3H3. The topological polar surface area (TPSA) is 78.0 Å². The van der Waals surface area contributed by atoms with E-state index < -0.39 is 11.9 Å². The van der Waals surface area contributed by atoms with E-state index in [0.29, 0.717) is 5.69 Å². The summed E-state index contributed by atoms with van der Waals surface area (Å²) in [7, 11) is 4.17. The second-order valence-electron chi connectivity index (χ2n) is 7.14. The van der Waals surface area contributed by atoms with Crippen LogP contribution in [0.2, 0.25) is 0 Å². The SMILES string of the molecule is COC(=O)C1=C(C(=O)OC)N(c2cccc(-c3nc(-c4cccc(OC)c4)cs3)c2)C=CC=C1. The molecule has 0 unspecified atom stereocenters. The summed E-state index contributed by atoms with van der Waals surface area (Å²) in [4.78, 5) is 31.5. The summed E-state index contributed by atoms with van der Waals surface area (Å²) in [5.41, 5.74) is 3.49. The molecule has 0 N–H and O–H groups in total. The van der Waals surface area contributed by atoms with Gasteiger partial charge in [-0.05, 0) is 36.4 Å². The molecular formula is C26H22N2O5S. The van der Waals surface area contributed by atoms with Crippen LogP contribution >= 0.6 is 11.3 Å². The molecule has 0 spiro atoms. The van der Waals surface area contributed by atoms with Gasteiger partial charge in [-0.2, -0.15) is 0 Å². The molecule has 2 heterocycles. The zero-order valence-corrected chi connectivity index (χ0v) is 19.7. The molecule has 3 aromatic rings. The fraction of sp³-hybridized carbons (Fsp3) is 0.115. The van der Waals surface area contributed by atoms with E-state index in [1.54, 1.807) is 30.4 Å². The summed E-state index contributed by atoms with van der Waals surface area (Å²) >= 11 is 1.51. The average molecular weight is 475 g/mol. The number of hydrogen-bond donors (Lipinski definition) is 0. The number of nitrogens with zero attached hydrogens (tertiary/aromatic N) is 2. The third kappa shape index (κ3) is 4.62. The number of esters is 2. The van der Waals surface area contributed by atoms with E-state index in [0.717, 1.165) is 27.6 Å². The predicted octanol–water partition coefficient (Wildman–Crippen LogP) is 4.98. The van der Waals surface area contributed by atoms with Gasteiger partial charge in [0.15, 0.2) is 0 Å². The number of carbonyl (C=O) groups excluding carboxylic acids is 2. The van der Waals surface area contributed by atoms with Crippen molar-refractivity contribution in [2.24, 2.45) is 0 Å². The van der Waals surface area contributed by atoms with Gasteiger partial charge in [0.2, 0.25) is 0 Å². The molecule has 2 aromatic carbocycles. The van der Waals surface area contributed by atoms with Crippen molar-refractivity contribution < 1.29 is 23.8 Å². The predicted molar refractivity (Wildman–Crippen MR) is 131 cm³/mol. The summed E-state index contributed by atoms with van der Waals surface area (Å²) in [6.45, 7) is 0. The number of rotatable bonds is 6. The van der Waals surface area contributed by atoms with E-state index in [1.165, 1.54) is 31.6 Å². The molecule has 1 aliphatic heterocycles. The van der Waals surface area contributed by atoms with Crippen molar-refractivity contribution in [3.63, 3.8) is 0 Å². The minimum absolute atomic E-state index is 0.0627. The second-order valence-corrected chi connectivity index (χ2v) is 7.99. The van der Waals surface area contributed by atoms with E-state index >= 15 is 0 Å². The molecule has 0 atom stereocenters. The minimum Gasteiger partial charge on any atom is -0.497 e. The highest BCUT2D eigenvalue weighted by molar-refractivity contribution is 7.13. The van der Waals surface area contributed by atoms with Crippen LogP contribution in [-0.4, -0.2) is 38.3 Å². The van der Waals surface area contributed by atoms with Crippen LogP contribution in [0.25, 0.3) is 21.8 Å². The fourth-order valence-corrected chi connectivity index (χ4v) is 4.30. The number of thiazole rings is 1. The van der Waals surface area contributed by atoms with E-state index in [1.807, 2.05) is 53.9 Å². The van der Waals surface area contributed by atoms with Gasteiger partial charge in [-0.1, -0.05) is 30.3 Å². The van der Waals surface area contributed by atoms with Gasteiger partial charge in [-0.25, -0.2) is 14.6 Å². The Morgan fingerprint density at radius 3 is 2.44 bits per heavy atom. The Bertz CT molecular complexity index is 1320. The molecule has 7 nitrogen and oxygen atoms in total. The molecule has 1 aromatic heterocycles.